The molecule has 16 heavy (non-hydrogen) atoms. The summed E-state index contributed by atoms with van der Waals surface area (Å²) in [5.74, 6) is 0. The van der Waals surface area contributed by atoms with E-state index in [2.05, 4.69) is 60.8 Å². The SMILES string of the molecule is C/C=C\C=C/CC(C)(NC)c1ccccc1. The molecule has 1 atom stereocenters. The molecule has 1 nitrogen and oxygen atoms in total. The summed E-state index contributed by atoms with van der Waals surface area (Å²) in [6, 6.07) is 10.6. The second kappa shape index (κ2) is 6.29. The molecule has 0 aromatic heterocycles. The van der Waals surface area contributed by atoms with Gasteiger partial charge in [0.05, 0.1) is 0 Å². The van der Waals surface area contributed by atoms with Gasteiger partial charge in [0.25, 0.3) is 0 Å². The highest BCUT2D eigenvalue weighted by Crippen LogP contribution is 2.24. The molecule has 0 aliphatic rings. The zero-order valence-corrected chi connectivity index (χ0v) is 10.4. The zero-order chi connectivity index (χ0) is 11.9. The highest BCUT2D eigenvalue weighted by Gasteiger charge is 2.21. The van der Waals surface area contributed by atoms with Gasteiger partial charge in [-0.3, -0.25) is 0 Å². The molecule has 86 valence electrons. The minimum atomic E-state index is 0.0132. The van der Waals surface area contributed by atoms with Gasteiger partial charge >= 0.3 is 0 Å². The number of rotatable bonds is 5. The summed E-state index contributed by atoms with van der Waals surface area (Å²) in [4.78, 5) is 0. The normalized spacial score (nSPS) is 15.7. The number of hydrogen-bond acceptors (Lipinski definition) is 1. The van der Waals surface area contributed by atoms with Crippen molar-refractivity contribution in [2.45, 2.75) is 25.8 Å². The summed E-state index contributed by atoms with van der Waals surface area (Å²) < 4.78 is 0. The maximum Gasteiger partial charge on any atom is 0.0438 e. The van der Waals surface area contributed by atoms with Gasteiger partial charge < -0.3 is 5.32 Å². The van der Waals surface area contributed by atoms with E-state index in [1.807, 2.05) is 20.0 Å². The Labute approximate surface area is 98.9 Å². The Morgan fingerprint density at radius 1 is 1.19 bits per heavy atom. The molecule has 1 aromatic rings. The van der Waals surface area contributed by atoms with Gasteiger partial charge in [-0.1, -0.05) is 54.6 Å². The predicted octanol–water partition coefficient (Wildman–Crippen LogP) is 3.64. The molecule has 1 heteroatoms. The molecule has 1 rings (SSSR count). The van der Waals surface area contributed by atoms with Crippen LogP contribution in [-0.4, -0.2) is 7.05 Å². The van der Waals surface area contributed by atoms with E-state index in [0.29, 0.717) is 0 Å². The van der Waals surface area contributed by atoms with Crippen LogP contribution in [0.3, 0.4) is 0 Å². The minimum absolute atomic E-state index is 0.0132. The molecule has 0 spiro atoms. The van der Waals surface area contributed by atoms with E-state index in [1.54, 1.807) is 0 Å². The van der Waals surface area contributed by atoms with Crippen LogP contribution in [0.2, 0.25) is 0 Å². The maximum absolute atomic E-state index is 3.40. The number of nitrogens with one attached hydrogen (secondary N) is 1. The summed E-state index contributed by atoms with van der Waals surface area (Å²) in [5, 5.41) is 3.40. The minimum Gasteiger partial charge on any atom is -0.310 e. The number of benzene rings is 1. The van der Waals surface area contributed by atoms with E-state index in [1.165, 1.54) is 5.56 Å². The van der Waals surface area contributed by atoms with Crippen LogP contribution in [0.1, 0.15) is 25.8 Å². The summed E-state index contributed by atoms with van der Waals surface area (Å²) >= 11 is 0. The molecule has 0 saturated heterocycles. The average molecular weight is 215 g/mol. The fraction of sp³-hybridized carbons (Fsp3) is 0.333. The maximum atomic E-state index is 3.40. The first-order valence-corrected chi connectivity index (χ1v) is 5.75. The van der Waals surface area contributed by atoms with E-state index < -0.39 is 0 Å². The molecule has 0 aliphatic heterocycles. The molecule has 0 heterocycles. The molecule has 1 N–H and O–H groups in total. The van der Waals surface area contributed by atoms with Crippen molar-refractivity contribution >= 4 is 0 Å². The lowest BCUT2D eigenvalue weighted by atomic mass is 9.88. The molecule has 0 aliphatic carbocycles. The van der Waals surface area contributed by atoms with Crippen molar-refractivity contribution in [3.63, 3.8) is 0 Å². The Kier molecular flexibility index (Phi) is 5.00. The second-order valence-electron chi connectivity index (χ2n) is 4.11. The average Bonchev–Trinajstić information content (AvgIpc) is 2.35. The van der Waals surface area contributed by atoms with Gasteiger partial charge in [0, 0.05) is 5.54 Å². The van der Waals surface area contributed by atoms with Crippen molar-refractivity contribution in [3.8, 4) is 0 Å². The third kappa shape index (κ3) is 3.35. The molecule has 1 unspecified atom stereocenters. The lowest BCUT2D eigenvalue weighted by molar-refractivity contribution is 0.405. The van der Waals surface area contributed by atoms with Crippen molar-refractivity contribution in [1.29, 1.82) is 0 Å². The van der Waals surface area contributed by atoms with Crippen LogP contribution in [0.15, 0.2) is 54.6 Å². The van der Waals surface area contributed by atoms with E-state index in [-0.39, 0.29) is 5.54 Å². The Balaban J connectivity index is 2.78. The first-order valence-electron chi connectivity index (χ1n) is 5.75. The largest absolute Gasteiger partial charge is 0.310 e. The van der Waals surface area contributed by atoms with Gasteiger partial charge in [0.1, 0.15) is 0 Å². The molecule has 0 bridgehead atoms. The summed E-state index contributed by atoms with van der Waals surface area (Å²) in [5.41, 5.74) is 1.34. The van der Waals surface area contributed by atoms with Gasteiger partial charge in [0.2, 0.25) is 0 Å². The van der Waals surface area contributed by atoms with Crippen LogP contribution in [0.4, 0.5) is 0 Å². The fourth-order valence-corrected chi connectivity index (χ4v) is 1.66. The summed E-state index contributed by atoms with van der Waals surface area (Å²) in [7, 11) is 2.01. The third-order valence-corrected chi connectivity index (χ3v) is 2.93. The smallest absolute Gasteiger partial charge is 0.0438 e. The van der Waals surface area contributed by atoms with Crippen LogP contribution in [-0.2, 0) is 5.54 Å². The van der Waals surface area contributed by atoms with E-state index in [9.17, 15) is 0 Å². The van der Waals surface area contributed by atoms with Crippen molar-refractivity contribution in [2.75, 3.05) is 7.05 Å². The zero-order valence-electron chi connectivity index (χ0n) is 10.4. The summed E-state index contributed by atoms with van der Waals surface area (Å²) in [6.45, 7) is 4.25. The lowest BCUT2D eigenvalue weighted by Gasteiger charge is -2.28. The van der Waals surface area contributed by atoms with Crippen LogP contribution >= 0.6 is 0 Å². The fourth-order valence-electron chi connectivity index (χ4n) is 1.66. The molecular formula is C15H21N. The monoisotopic (exact) mass is 215 g/mol. The predicted molar refractivity (Wildman–Crippen MR) is 71.4 cm³/mol. The van der Waals surface area contributed by atoms with Gasteiger partial charge in [-0.2, -0.15) is 0 Å². The second-order valence-corrected chi connectivity index (χ2v) is 4.11. The van der Waals surface area contributed by atoms with Crippen molar-refractivity contribution < 1.29 is 0 Å². The van der Waals surface area contributed by atoms with Gasteiger partial charge in [-0.15, -0.1) is 0 Å². The third-order valence-electron chi connectivity index (χ3n) is 2.93. The molecule has 0 saturated carbocycles. The quantitative estimate of drug-likeness (QED) is 0.739. The first-order chi connectivity index (χ1) is 7.73. The van der Waals surface area contributed by atoms with Gasteiger partial charge in [-0.05, 0) is 32.9 Å². The highest BCUT2D eigenvalue weighted by molar-refractivity contribution is 5.24. The Morgan fingerprint density at radius 3 is 2.44 bits per heavy atom. The topological polar surface area (TPSA) is 12.0 Å². The number of allylic oxidation sites excluding steroid dienone is 3. The Morgan fingerprint density at radius 2 is 1.88 bits per heavy atom. The molecule has 0 radical (unpaired) electrons. The van der Waals surface area contributed by atoms with E-state index in [4.69, 9.17) is 0 Å². The lowest BCUT2D eigenvalue weighted by Crippen LogP contribution is -2.36. The van der Waals surface area contributed by atoms with E-state index >= 15 is 0 Å². The Bertz CT molecular complexity index is 351. The van der Waals surface area contributed by atoms with Crippen molar-refractivity contribution in [2.24, 2.45) is 0 Å². The van der Waals surface area contributed by atoms with Crippen LogP contribution in [0, 0.1) is 0 Å². The van der Waals surface area contributed by atoms with Gasteiger partial charge in [0.15, 0.2) is 0 Å². The molecule has 1 aromatic carbocycles. The summed E-state index contributed by atoms with van der Waals surface area (Å²) in [6.07, 6.45) is 9.37. The Hall–Kier alpha value is -1.34. The standard InChI is InChI=1S/C15H21N/c1-4-5-6-10-13-15(2,16-3)14-11-8-7-9-12-14/h4-12,16H,13H2,1-3H3/b5-4-,10-6-. The van der Waals surface area contributed by atoms with E-state index in [0.717, 1.165) is 6.42 Å². The molecule has 0 fully saturated rings. The van der Waals surface area contributed by atoms with Crippen LogP contribution in [0.25, 0.3) is 0 Å². The van der Waals surface area contributed by atoms with Crippen molar-refractivity contribution in [1.82, 2.24) is 5.32 Å². The molecule has 0 amide bonds. The molecular weight excluding hydrogens is 194 g/mol. The van der Waals surface area contributed by atoms with Crippen molar-refractivity contribution in [3.05, 3.63) is 60.2 Å². The van der Waals surface area contributed by atoms with Gasteiger partial charge in [-0.25, -0.2) is 0 Å². The van der Waals surface area contributed by atoms with Crippen LogP contribution in [0.5, 0.6) is 0 Å². The first kappa shape index (κ1) is 12.7. The van der Waals surface area contributed by atoms with Crippen LogP contribution < -0.4 is 5.32 Å². The highest BCUT2D eigenvalue weighted by atomic mass is 14.9. The number of hydrogen-bond donors (Lipinski definition) is 1.